The maximum Gasteiger partial charge on any atom is 0.338 e. The van der Waals surface area contributed by atoms with Crippen LogP contribution < -0.4 is 0 Å². The molecule has 126 valence electrons. The quantitative estimate of drug-likeness (QED) is 0.397. The van der Waals surface area contributed by atoms with Crippen LogP contribution in [0.2, 0.25) is 0 Å². The average Bonchev–Trinajstić information content (AvgIpc) is 2.62. The molecule has 0 aliphatic rings. The lowest BCUT2D eigenvalue weighted by Crippen LogP contribution is -2.04. The Bertz CT molecular complexity index is 717. The molecule has 3 heteroatoms. The molecule has 0 N–H and O–H groups in total. The number of methoxy groups -OCH3 is 1. The van der Waals surface area contributed by atoms with Crippen LogP contribution in [0.3, 0.4) is 0 Å². The Morgan fingerprint density at radius 2 is 1.83 bits per heavy atom. The highest BCUT2D eigenvalue weighted by atomic mass is 16.5. The number of rotatable bonds is 7. The van der Waals surface area contributed by atoms with Crippen LogP contribution in [0.4, 0.5) is 0 Å². The number of carbonyl (C=O) groups is 1. The number of aryl methyl sites for hydroxylation is 1. The lowest BCUT2D eigenvalue weighted by atomic mass is 9.93. The van der Waals surface area contributed by atoms with Gasteiger partial charge in [0.05, 0.1) is 25.5 Å². The summed E-state index contributed by atoms with van der Waals surface area (Å²) in [4.78, 5) is 12.1. The Morgan fingerprint density at radius 3 is 2.58 bits per heavy atom. The highest BCUT2D eigenvalue weighted by Gasteiger charge is 2.15. The number of unbranched alkanes of at least 4 members (excludes halogenated alkanes) is 1. The number of hydrogen-bond acceptors (Lipinski definition) is 3. The predicted octanol–water partition coefficient (Wildman–Crippen LogP) is 5.24. The number of hydrogen-bond donors (Lipinski definition) is 0. The molecule has 0 radical (unpaired) electrons. The normalized spacial score (nSPS) is 10.8. The van der Waals surface area contributed by atoms with Crippen molar-refractivity contribution in [1.29, 1.82) is 0 Å². The molecule has 0 aliphatic carbocycles. The molecule has 2 aromatic rings. The lowest BCUT2D eigenvalue weighted by molar-refractivity contribution is 0.0601. The van der Waals surface area contributed by atoms with E-state index >= 15 is 0 Å². The summed E-state index contributed by atoms with van der Waals surface area (Å²) in [6, 6.07) is 13.6. The Labute approximate surface area is 143 Å². The first-order valence-electron chi connectivity index (χ1n) is 8.24. The second-order valence-corrected chi connectivity index (χ2v) is 5.60. The van der Waals surface area contributed by atoms with Crippen LogP contribution >= 0.6 is 0 Å². The van der Waals surface area contributed by atoms with Gasteiger partial charge in [0.15, 0.2) is 0 Å². The van der Waals surface area contributed by atoms with Crippen molar-refractivity contribution in [3.05, 3.63) is 65.4 Å². The summed E-state index contributed by atoms with van der Waals surface area (Å²) in [6.07, 6.45) is 5.85. The molecule has 3 nitrogen and oxygen atoms in total. The molecule has 24 heavy (non-hydrogen) atoms. The number of carbonyl (C=O) groups excluding carboxylic acids is 1. The first-order valence-corrected chi connectivity index (χ1v) is 8.24. The highest BCUT2D eigenvalue weighted by Crippen LogP contribution is 2.30. The summed E-state index contributed by atoms with van der Waals surface area (Å²) in [7, 11) is 1.40. The summed E-state index contributed by atoms with van der Waals surface area (Å²) in [5.74, 6) is -0.332. The summed E-state index contributed by atoms with van der Waals surface area (Å²) in [5.41, 5.74) is 4.59. The SMILES string of the molecule is CCCCO/C=C/c1c(C)cccc1-c1ccccc1C(=O)OC. The molecule has 0 saturated heterocycles. The van der Waals surface area contributed by atoms with Crippen molar-refractivity contribution in [2.75, 3.05) is 13.7 Å². The average molecular weight is 324 g/mol. The van der Waals surface area contributed by atoms with E-state index in [1.807, 2.05) is 36.4 Å². The summed E-state index contributed by atoms with van der Waals surface area (Å²) < 4.78 is 10.5. The molecule has 0 unspecified atom stereocenters. The minimum absolute atomic E-state index is 0.332. The Balaban J connectivity index is 2.42. The number of esters is 1. The van der Waals surface area contributed by atoms with E-state index in [-0.39, 0.29) is 5.97 Å². The van der Waals surface area contributed by atoms with E-state index in [9.17, 15) is 4.79 Å². The lowest BCUT2D eigenvalue weighted by Gasteiger charge is -2.13. The van der Waals surface area contributed by atoms with Gasteiger partial charge in [0.2, 0.25) is 0 Å². The molecule has 0 saturated carbocycles. The van der Waals surface area contributed by atoms with Crippen molar-refractivity contribution in [3.63, 3.8) is 0 Å². The van der Waals surface area contributed by atoms with Crippen LogP contribution in [-0.4, -0.2) is 19.7 Å². The first kappa shape index (κ1) is 17.8. The largest absolute Gasteiger partial charge is 0.501 e. The molecule has 0 atom stereocenters. The van der Waals surface area contributed by atoms with Crippen LogP contribution in [0.5, 0.6) is 0 Å². The van der Waals surface area contributed by atoms with E-state index in [1.165, 1.54) is 7.11 Å². The topological polar surface area (TPSA) is 35.5 Å². The van der Waals surface area contributed by atoms with Crippen LogP contribution in [0.1, 0.15) is 41.3 Å². The van der Waals surface area contributed by atoms with E-state index in [2.05, 4.69) is 19.9 Å². The van der Waals surface area contributed by atoms with Crippen molar-refractivity contribution in [2.45, 2.75) is 26.7 Å². The summed E-state index contributed by atoms with van der Waals surface area (Å²) in [6.45, 7) is 4.90. The van der Waals surface area contributed by atoms with Gasteiger partial charge in [0.1, 0.15) is 0 Å². The molecule has 0 aliphatic heterocycles. The van der Waals surface area contributed by atoms with Crippen LogP contribution in [-0.2, 0) is 9.47 Å². The molecule has 0 aromatic heterocycles. The zero-order chi connectivity index (χ0) is 17.4. The third-order valence-electron chi connectivity index (χ3n) is 3.89. The summed E-state index contributed by atoms with van der Waals surface area (Å²) >= 11 is 0. The Hall–Kier alpha value is -2.55. The van der Waals surface area contributed by atoms with Crippen molar-refractivity contribution in [1.82, 2.24) is 0 Å². The van der Waals surface area contributed by atoms with Gasteiger partial charge in [-0.25, -0.2) is 4.79 Å². The fourth-order valence-electron chi connectivity index (χ4n) is 2.55. The predicted molar refractivity (Wildman–Crippen MR) is 97.8 cm³/mol. The van der Waals surface area contributed by atoms with Gasteiger partial charge in [0, 0.05) is 0 Å². The first-order chi connectivity index (χ1) is 11.7. The van der Waals surface area contributed by atoms with Gasteiger partial charge in [-0.3, -0.25) is 0 Å². The van der Waals surface area contributed by atoms with Crippen molar-refractivity contribution < 1.29 is 14.3 Å². The maximum absolute atomic E-state index is 12.1. The van der Waals surface area contributed by atoms with Crippen LogP contribution in [0.15, 0.2) is 48.7 Å². The van der Waals surface area contributed by atoms with Crippen molar-refractivity contribution in [3.8, 4) is 11.1 Å². The minimum Gasteiger partial charge on any atom is -0.501 e. The van der Waals surface area contributed by atoms with Gasteiger partial charge in [-0.2, -0.15) is 0 Å². The number of ether oxygens (including phenoxy) is 2. The Kier molecular flexibility index (Phi) is 6.62. The van der Waals surface area contributed by atoms with Crippen molar-refractivity contribution in [2.24, 2.45) is 0 Å². The molecule has 0 bridgehead atoms. The number of benzene rings is 2. The van der Waals surface area contributed by atoms with Crippen LogP contribution in [0, 0.1) is 6.92 Å². The third-order valence-corrected chi connectivity index (χ3v) is 3.89. The molecule has 2 rings (SSSR count). The molecular formula is C21H24O3. The van der Waals surface area contributed by atoms with E-state index in [0.717, 1.165) is 35.1 Å². The molecule has 0 spiro atoms. The van der Waals surface area contributed by atoms with E-state index in [0.29, 0.717) is 12.2 Å². The fourth-order valence-corrected chi connectivity index (χ4v) is 2.55. The van der Waals surface area contributed by atoms with Crippen LogP contribution in [0.25, 0.3) is 17.2 Å². The van der Waals surface area contributed by atoms with E-state index in [4.69, 9.17) is 9.47 Å². The second-order valence-electron chi connectivity index (χ2n) is 5.60. The Morgan fingerprint density at radius 1 is 1.08 bits per heavy atom. The van der Waals surface area contributed by atoms with E-state index < -0.39 is 0 Å². The molecular weight excluding hydrogens is 300 g/mol. The standard InChI is InChI=1S/C21H24O3/c1-4-5-14-24-15-13-17-16(2)9-8-12-18(17)19-10-6-7-11-20(19)21(22)23-3/h6-13,15H,4-5,14H2,1-3H3/b15-13+. The van der Waals surface area contributed by atoms with Gasteiger partial charge in [-0.15, -0.1) is 0 Å². The molecule has 0 heterocycles. The highest BCUT2D eigenvalue weighted by molar-refractivity contribution is 5.98. The third kappa shape index (κ3) is 4.25. The van der Waals surface area contributed by atoms with Crippen molar-refractivity contribution >= 4 is 12.0 Å². The van der Waals surface area contributed by atoms with Gasteiger partial charge >= 0.3 is 5.97 Å². The molecule has 0 fully saturated rings. The zero-order valence-electron chi connectivity index (χ0n) is 14.5. The zero-order valence-corrected chi connectivity index (χ0v) is 14.5. The van der Waals surface area contributed by atoms with E-state index in [1.54, 1.807) is 12.3 Å². The fraction of sp³-hybridized carbons (Fsp3) is 0.286. The molecule has 2 aromatic carbocycles. The second kappa shape index (κ2) is 8.92. The maximum atomic E-state index is 12.1. The smallest absolute Gasteiger partial charge is 0.338 e. The van der Waals surface area contributed by atoms with Gasteiger partial charge in [-0.1, -0.05) is 49.7 Å². The van der Waals surface area contributed by atoms with Gasteiger partial charge in [-0.05, 0) is 47.7 Å². The minimum atomic E-state index is -0.332. The monoisotopic (exact) mass is 324 g/mol. The van der Waals surface area contributed by atoms with Gasteiger partial charge < -0.3 is 9.47 Å². The summed E-state index contributed by atoms with van der Waals surface area (Å²) in [5, 5.41) is 0. The molecule has 0 amide bonds. The van der Waals surface area contributed by atoms with Gasteiger partial charge in [0.25, 0.3) is 0 Å².